The van der Waals surface area contributed by atoms with E-state index in [4.69, 9.17) is 25.6 Å². The topological polar surface area (TPSA) is 119 Å². The maximum atomic E-state index is 8.74. The van der Waals surface area contributed by atoms with Crippen molar-refractivity contribution in [1.29, 1.82) is 10.8 Å². The molecule has 8 heteroatoms. The van der Waals surface area contributed by atoms with E-state index in [1.165, 1.54) is 0 Å². The van der Waals surface area contributed by atoms with Crippen LogP contribution in [0.2, 0.25) is 0 Å². The standard InChI is InChI=1S/C14H12BN3O4/c16-8-10-1-3-12(4-2-10)22-13-5-6-14(18-17)11(7-13)9-21-15(19)20/h1-7,17,19-20H,9H2. The molecule has 0 aliphatic heterocycles. The number of ether oxygens (including phenoxy) is 1. The molecule has 0 aliphatic rings. The van der Waals surface area contributed by atoms with Crippen molar-refractivity contribution in [3.63, 3.8) is 0 Å². The molecule has 22 heavy (non-hydrogen) atoms. The maximum absolute atomic E-state index is 8.74. The summed E-state index contributed by atoms with van der Waals surface area (Å²) < 4.78 is 10.3. The van der Waals surface area contributed by atoms with E-state index in [0.717, 1.165) is 0 Å². The Balaban J connectivity index is 2.18. The first-order valence-corrected chi connectivity index (χ1v) is 6.28. The molecular weight excluding hydrogens is 285 g/mol. The lowest BCUT2D eigenvalue weighted by Crippen LogP contribution is -2.16. The van der Waals surface area contributed by atoms with Crippen LogP contribution in [-0.4, -0.2) is 17.4 Å². The Morgan fingerprint density at radius 3 is 2.41 bits per heavy atom. The van der Waals surface area contributed by atoms with Gasteiger partial charge < -0.3 is 19.4 Å². The second kappa shape index (κ2) is 7.33. The lowest BCUT2D eigenvalue weighted by atomic mass is 10.1. The van der Waals surface area contributed by atoms with Crippen molar-refractivity contribution in [3.8, 4) is 17.6 Å². The fraction of sp³-hybridized carbons (Fsp3) is 0.0714. The van der Waals surface area contributed by atoms with Crippen molar-refractivity contribution in [3.05, 3.63) is 53.6 Å². The summed E-state index contributed by atoms with van der Waals surface area (Å²) in [4.78, 5) is 0. The monoisotopic (exact) mass is 297 g/mol. The minimum absolute atomic E-state index is 0.125. The third kappa shape index (κ3) is 4.13. The molecule has 0 radical (unpaired) electrons. The Hall–Kier alpha value is -2.73. The zero-order chi connectivity index (χ0) is 15.9. The number of rotatable bonds is 6. The summed E-state index contributed by atoms with van der Waals surface area (Å²) in [6.07, 6.45) is 0. The second-order valence-corrected chi connectivity index (χ2v) is 4.28. The zero-order valence-corrected chi connectivity index (χ0v) is 11.4. The van der Waals surface area contributed by atoms with E-state index in [1.54, 1.807) is 42.5 Å². The lowest BCUT2D eigenvalue weighted by Gasteiger charge is -2.10. The SMILES string of the molecule is N#Cc1ccc(Oc2ccc(N=N)c(COB(O)O)c2)cc1. The first-order valence-electron chi connectivity index (χ1n) is 6.28. The van der Waals surface area contributed by atoms with Crippen LogP contribution in [0.4, 0.5) is 5.69 Å². The van der Waals surface area contributed by atoms with Crippen LogP contribution in [-0.2, 0) is 11.3 Å². The summed E-state index contributed by atoms with van der Waals surface area (Å²) in [6.45, 7) is -0.125. The van der Waals surface area contributed by atoms with Gasteiger partial charge in [-0.05, 0) is 42.5 Å². The van der Waals surface area contributed by atoms with Crippen LogP contribution in [0, 0.1) is 16.9 Å². The molecule has 0 spiro atoms. The van der Waals surface area contributed by atoms with Gasteiger partial charge in [-0.2, -0.15) is 10.4 Å². The van der Waals surface area contributed by atoms with Gasteiger partial charge in [0.25, 0.3) is 0 Å². The Kier molecular flexibility index (Phi) is 5.22. The number of nitrogens with one attached hydrogen (secondary N) is 1. The molecule has 0 saturated carbocycles. The molecule has 2 rings (SSSR count). The Morgan fingerprint density at radius 1 is 1.14 bits per heavy atom. The van der Waals surface area contributed by atoms with Crippen LogP contribution in [0.1, 0.15) is 11.1 Å². The molecule has 0 heterocycles. The van der Waals surface area contributed by atoms with Crippen molar-refractivity contribution in [2.75, 3.05) is 0 Å². The number of benzene rings is 2. The van der Waals surface area contributed by atoms with Crippen molar-refractivity contribution in [2.45, 2.75) is 6.61 Å². The Bertz CT molecular complexity index is 698. The maximum Gasteiger partial charge on any atom is 0.634 e. The molecule has 0 fully saturated rings. The van der Waals surface area contributed by atoms with Crippen molar-refractivity contribution >= 4 is 13.0 Å². The van der Waals surface area contributed by atoms with E-state index in [1.807, 2.05) is 6.07 Å². The Labute approximate surface area is 127 Å². The van der Waals surface area contributed by atoms with Gasteiger partial charge in [0.15, 0.2) is 0 Å². The van der Waals surface area contributed by atoms with Crippen LogP contribution in [0.3, 0.4) is 0 Å². The third-order valence-electron chi connectivity index (χ3n) is 2.78. The average Bonchev–Trinajstić information content (AvgIpc) is 2.54. The fourth-order valence-electron chi connectivity index (χ4n) is 1.75. The summed E-state index contributed by atoms with van der Waals surface area (Å²) in [6, 6.07) is 13.4. The minimum atomic E-state index is -1.90. The highest BCUT2D eigenvalue weighted by atomic mass is 16.6. The molecule has 0 saturated heterocycles. The van der Waals surface area contributed by atoms with Crippen LogP contribution < -0.4 is 4.74 Å². The van der Waals surface area contributed by atoms with E-state index in [0.29, 0.717) is 28.3 Å². The Morgan fingerprint density at radius 2 is 1.82 bits per heavy atom. The van der Waals surface area contributed by atoms with Crippen LogP contribution in [0.15, 0.2) is 47.6 Å². The largest absolute Gasteiger partial charge is 0.634 e. The summed E-state index contributed by atoms with van der Waals surface area (Å²) in [5, 5.41) is 29.5. The van der Waals surface area contributed by atoms with Gasteiger partial charge in [-0.1, -0.05) is 0 Å². The normalized spacial score (nSPS) is 9.86. The lowest BCUT2D eigenvalue weighted by molar-refractivity contribution is 0.177. The molecule has 2 aromatic rings. The molecule has 0 aliphatic carbocycles. The average molecular weight is 297 g/mol. The van der Waals surface area contributed by atoms with E-state index in [-0.39, 0.29) is 6.61 Å². The predicted molar refractivity (Wildman–Crippen MR) is 77.5 cm³/mol. The summed E-state index contributed by atoms with van der Waals surface area (Å²) >= 11 is 0. The molecule has 110 valence electrons. The molecular formula is C14H12BN3O4. The molecule has 3 N–H and O–H groups in total. The molecule has 0 amide bonds. The van der Waals surface area contributed by atoms with Gasteiger partial charge in [-0.15, -0.1) is 0 Å². The highest BCUT2D eigenvalue weighted by Crippen LogP contribution is 2.28. The summed E-state index contributed by atoms with van der Waals surface area (Å²) in [5.41, 5.74) is 8.43. The van der Waals surface area contributed by atoms with E-state index < -0.39 is 7.32 Å². The molecule has 0 unspecified atom stereocenters. The molecule has 0 aromatic heterocycles. The van der Waals surface area contributed by atoms with Gasteiger partial charge in [0.2, 0.25) is 0 Å². The molecule has 7 nitrogen and oxygen atoms in total. The van der Waals surface area contributed by atoms with Crippen molar-refractivity contribution in [1.82, 2.24) is 0 Å². The van der Waals surface area contributed by atoms with Crippen LogP contribution >= 0.6 is 0 Å². The second-order valence-electron chi connectivity index (χ2n) is 4.28. The van der Waals surface area contributed by atoms with Gasteiger partial charge in [-0.3, -0.25) is 0 Å². The van der Waals surface area contributed by atoms with E-state index >= 15 is 0 Å². The van der Waals surface area contributed by atoms with Gasteiger partial charge in [0.05, 0.1) is 23.9 Å². The van der Waals surface area contributed by atoms with Gasteiger partial charge in [0, 0.05) is 5.56 Å². The van der Waals surface area contributed by atoms with Gasteiger partial charge in [0.1, 0.15) is 11.5 Å². The van der Waals surface area contributed by atoms with Crippen molar-refractivity contribution < 1.29 is 19.4 Å². The van der Waals surface area contributed by atoms with Gasteiger partial charge in [-0.25, -0.2) is 5.53 Å². The predicted octanol–water partition coefficient (Wildman–Crippen LogP) is 2.50. The number of nitrogens with zero attached hydrogens (tertiary/aromatic N) is 2. The minimum Gasteiger partial charge on any atom is -0.457 e. The highest BCUT2D eigenvalue weighted by Gasteiger charge is 2.12. The van der Waals surface area contributed by atoms with Crippen molar-refractivity contribution in [2.24, 2.45) is 5.11 Å². The molecule has 2 aromatic carbocycles. The quantitative estimate of drug-likeness (QED) is 0.559. The third-order valence-corrected chi connectivity index (χ3v) is 2.78. The zero-order valence-electron chi connectivity index (χ0n) is 11.4. The molecule has 0 bridgehead atoms. The van der Waals surface area contributed by atoms with E-state index in [9.17, 15) is 0 Å². The smallest absolute Gasteiger partial charge is 0.457 e. The van der Waals surface area contributed by atoms with E-state index in [2.05, 4.69) is 9.77 Å². The van der Waals surface area contributed by atoms with Crippen LogP contribution in [0.5, 0.6) is 11.5 Å². The fourth-order valence-corrected chi connectivity index (χ4v) is 1.75. The first kappa shape index (κ1) is 15.7. The number of nitriles is 1. The number of hydrogen-bond donors (Lipinski definition) is 3. The first-order chi connectivity index (χ1) is 10.6. The summed E-state index contributed by atoms with van der Waals surface area (Å²) in [5.74, 6) is 1.02. The van der Waals surface area contributed by atoms with Crippen LogP contribution in [0.25, 0.3) is 0 Å². The summed E-state index contributed by atoms with van der Waals surface area (Å²) in [7, 11) is -1.90. The highest BCUT2D eigenvalue weighted by molar-refractivity contribution is 6.32. The molecule has 0 atom stereocenters. The number of hydrogen-bond acceptors (Lipinski definition) is 7. The van der Waals surface area contributed by atoms with Gasteiger partial charge >= 0.3 is 7.32 Å².